The maximum Gasteiger partial charge on any atom is 0.144 e. The molecule has 0 saturated heterocycles. The third kappa shape index (κ3) is 4.11. The fourth-order valence-corrected chi connectivity index (χ4v) is 2.00. The molecule has 0 aliphatic rings. The Balaban J connectivity index is 2.51. The van der Waals surface area contributed by atoms with E-state index in [1.807, 2.05) is 0 Å². The molecule has 0 radical (unpaired) electrons. The van der Waals surface area contributed by atoms with Gasteiger partial charge in [0.1, 0.15) is 5.82 Å². The Kier molecular flexibility index (Phi) is 5.23. The summed E-state index contributed by atoms with van der Waals surface area (Å²) in [6.45, 7) is 4.28. The number of halogens is 2. The zero-order chi connectivity index (χ0) is 12.1. The zero-order valence-corrected chi connectivity index (χ0v) is 10.6. The summed E-state index contributed by atoms with van der Waals surface area (Å²) in [5.41, 5.74) is 6.61. The molecule has 1 atom stereocenters. The first-order chi connectivity index (χ1) is 7.50. The summed E-state index contributed by atoms with van der Waals surface area (Å²) >= 11 is 5.71. The first kappa shape index (κ1) is 13.5. The van der Waals surface area contributed by atoms with E-state index in [1.54, 1.807) is 18.2 Å². The van der Waals surface area contributed by atoms with Crippen molar-refractivity contribution in [1.82, 2.24) is 0 Å². The van der Waals surface area contributed by atoms with E-state index < -0.39 is 0 Å². The highest BCUT2D eigenvalue weighted by molar-refractivity contribution is 6.30. The third-order valence-corrected chi connectivity index (χ3v) is 2.88. The van der Waals surface area contributed by atoms with E-state index in [9.17, 15) is 4.39 Å². The van der Waals surface area contributed by atoms with Gasteiger partial charge in [0.2, 0.25) is 0 Å². The zero-order valence-electron chi connectivity index (χ0n) is 9.84. The van der Waals surface area contributed by atoms with Gasteiger partial charge in [-0.3, -0.25) is 0 Å². The molecular weight excluding hydrogens is 225 g/mol. The number of hydrogen-bond acceptors (Lipinski definition) is 1. The van der Waals surface area contributed by atoms with E-state index in [2.05, 4.69) is 13.8 Å². The van der Waals surface area contributed by atoms with Gasteiger partial charge in [-0.05, 0) is 36.8 Å². The van der Waals surface area contributed by atoms with Gasteiger partial charge in [0, 0.05) is 6.04 Å². The van der Waals surface area contributed by atoms with Crippen molar-refractivity contribution in [1.29, 1.82) is 0 Å². The van der Waals surface area contributed by atoms with Crippen LogP contribution in [0.25, 0.3) is 0 Å². The molecule has 1 nitrogen and oxygen atoms in total. The fourth-order valence-electron chi connectivity index (χ4n) is 1.81. The molecule has 0 aromatic heterocycles. The van der Waals surface area contributed by atoms with Gasteiger partial charge in [-0.25, -0.2) is 4.39 Å². The van der Waals surface area contributed by atoms with Crippen molar-refractivity contribution in [3.05, 3.63) is 34.6 Å². The van der Waals surface area contributed by atoms with Gasteiger partial charge >= 0.3 is 0 Å². The molecular formula is C13H19ClFN. The molecule has 0 aliphatic carbocycles. The third-order valence-electron chi connectivity index (χ3n) is 2.59. The Labute approximate surface area is 102 Å². The second-order valence-corrected chi connectivity index (χ2v) is 5.05. The van der Waals surface area contributed by atoms with Crippen molar-refractivity contribution in [3.8, 4) is 0 Å². The maximum atomic E-state index is 13.5. The maximum absolute atomic E-state index is 13.5. The summed E-state index contributed by atoms with van der Waals surface area (Å²) in [7, 11) is 0. The summed E-state index contributed by atoms with van der Waals surface area (Å²) in [4.78, 5) is 0. The number of rotatable bonds is 5. The lowest BCUT2D eigenvalue weighted by Gasteiger charge is -2.14. The Morgan fingerprint density at radius 3 is 2.69 bits per heavy atom. The molecule has 0 amide bonds. The standard InChI is InChI=1S/C13H19ClFN/c1-9(2)8-11(16)7-6-10-4-3-5-12(14)13(10)15/h3-5,9,11H,6-8,16H2,1-2H3. The quantitative estimate of drug-likeness (QED) is 0.837. The highest BCUT2D eigenvalue weighted by Gasteiger charge is 2.09. The van der Waals surface area contributed by atoms with Crippen molar-refractivity contribution < 1.29 is 4.39 Å². The molecule has 0 fully saturated rings. The molecule has 1 aromatic carbocycles. The lowest BCUT2D eigenvalue weighted by atomic mass is 9.98. The minimum Gasteiger partial charge on any atom is -0.328 e. The van der Waals surface area contributed by atoms with Gasteiger partial charge in [-0.15, -0.1) is 0 Å². The molecule has 2 N–H and O–H groups in total. The van der Waals surface area contributed by atoms with Crippen molar-refractivity contribution in [3.63, 3.8) is 0 Å². The van der Waals surface area contributed by atoms with Gasteiger partial charge in [-0.2, -0.15) is 0 Å². The normalized spacial score (nSPS) is 13.1. The molecule has 1 aromatic rings. The lowest BCUT2D eigenvalue weighted by Crippen LogP contribution is -2.22. The summed E-state index contributed by atoms with van der Waals surface area (Å²) < 4.78 is 13.5. The minimum atomic E-state index is -0.305. The number of benzene rings is 1. The van der Waals surface area contributed by atoms with Crippen LogP contribution in [-0.4, -0.2) is 6.04 Å². The molecule has 0 aliphatic heterocycles. The Hall–Kier alpha value is -0.600. The molecule has 0 heterocycles. The molecule has 0 spiro atoms. The van der Waals surface area contributed by atoms with Gasteiger partial charge in [-0.1, -0.05) is 37.6 Å². The van der Waals surface area contributed by atoms with Crippen LogP contribution in [0.5, 0.6) is 0 Å². The molecule has 90 valence electrons. The monoisotopic (exact) mass is 243 g/mol. The highest BCUT2D eigenvalue weighted by Crippen LogP contribution is 2.19. The average molecular weight is 244 g/mol. The summed E-state index contributed by atoms with van der Waals surface area (Å²) in [5.74, 6) is 0.278. The van der Waals surface area contributed by atoms with Crippen molar-refractivity contribution in [2.45, 2.75) is 39.2 Å². The highest BCUT2D eigenvalue weighted by atomic mass is 35.5. The van der Waals surface area contributed by atoms with Crippen molar-refractivity contribution in [2.24, 2.45) is 11.7 Å². The van der Waals surface area contributed by atoms with Crippen LogP contribution in [-0.2, 0) is 6.42 Å². The van der Waals surface area contributed by atoms with Gasteiger partial charge in [0.05, 0.1) is 5.02 Å². The lowest BCUT2D eigenvalue weighted by molar-refractivity contribution is 0.470. The Morgan fingerprint density at radius 1 is 1.38 bits per heavy atom. The van der Waals surface area contributed by atoms with Gasteiger partial charge in [0.15, 0.2) is 0 Å². The van der Waals surface area contributed by atoms with Crippen LogP contribution in [0.4, 0.5) is 4.39 Å². The summed E-state index contributed by atoms with van der Waals surface area (Å²) in [5, 5.41) is 0.190. The fraction of sp³-hybridized carbons (Fsp3) is 0.538. The second kappa shape index (κ2) is 6.21. The number of aryl methyl sites for hydroxylation is 1. The second-order valence-electron chi connectivity index (χ2n) is 4.64. The van der Waals surface area contributed by atoms with E-state index in [0.29, 0.717) is 17.9 Å². The van der Waals surface area contributed by atoms with Crippen LogP contribution in [0, 0.1) is 11.7 Å². The molecule has 1 rings (SSSR count). The SMILES string of the molecule is CC(C)CC(N)CCc1cccc(Cl)c1F. The smallest absolute Gasteiger partial charge is 0.144 e. The Bertz CT molecular complexity index is 339. The van der Waals surface area contributed by atoms with E-state index in [0.717, 1.165) is 12.8 Å². The van der Waals surface area contributed by atoms with Crippen LogP contribution in [0.1, 0.15) is 32.3 Å². The van der Waals surface area contributed by atoms with Crippen LogP contribution >= 0.6 is 11.6 Å². The number of nitrogens with two attached hydrogens (primary N) is 1. The van der Waals surface area contributed by atoms with Crippen LogP contribution in [0.3, 0.4) is 0 Å². The average Bonchev–Trinajstić information content (AvgIpc) is 2.19. The van der Waals surface area contributed by atoms with E-state index >= 15 is 0 Å². The molecule has 0 saturated carbocycles. The van der Waals surface area contributed by atoms with Crippen molar-refractivity contribution >= 4 is 11.6 Å². The van der Waals surface area contributed by atoms with Crippen LogP contribution in [0.2, 0.25) is 5.02 Å². The predicted molar refractivity (Wildman–Crippen MR) is 67.2 cm³/mol. The molecule has 16 heavy (non-hydrogen) atoms. The van der Waals surface area contributed by atoms with E-state index in [-0.39, 0.29) is 16.9 Å². The van der Waals surface area contributed by atoms with E-state index in [1.165, 1.54) is 0 Å². The topological polar surface area (TPSA) is 26.0 Å². The van der Waals surface area contributed by atoms with Crippen molar-refractivity contribution in [2.75, 3.05) is 0 Å². The number of hydrogen-bond donors (Lipinski definition) is 1. The first-order valence-electron chi connectivity index (χ1n) is 5.69. The minimum absolute atomic E-state index is 0.137. The molecule has 1 unspecified atom stereocenters. The van der Waals surface area contributed by atoms with Gasteiger partial charge in [0.25, 0.3) is 0 Å². The largest absolute Gasteiger partial charge is 0.328 e. The first-order valence-corrected chi connectivity index (χ1v) is 6.07. The van der Waals surface area contributed by atoms with Crippen LogP contribution < -0.4 is 5.73 Å². The predicted octanol–water partition coefficient (Wildman–Crippen LogP) is 3.79. The summed E-state index contributed by atoms with van der Waals surface area (Å²) in [6.07, 6.45) is 2.43. The van der Waals surface area contributed by atoms with Crippen LogP contribution in [0.15, 0.2) is 18.2 Å². The van der Waals surface area contributed by atoms with E-state index in [4.69, 9.17) is 17.3 Å². The molecule has 3 heteroatoms. The Morgan fingerprint density at radius 2 is 2.06 bits per heavy atom. The van der Waals surface area contributed by atoms with Gasteiger partial charge < -0.3 is 5.73 Å². The summed E-state index contributed by atoms with van der Waals surface area (Å²) in [6, 6.07) is 5.24. The molecule has 0 bridgehead atoms.